The third-order valence-electron chi connectivity index (χ3n) is 2.42. The first-order valence-corrected chi connectivity index (χ1v) is 6.66. The van der Waals surface area contributed by atoms with Crippen LogP contribution in [0.1, 0.15) is 20.8 Å². The predicted molar refractivity (Wildman–Crippen MR) is 73.3 cm³/mol. The molecule has 0 spiro atoms. The number of rotatable bonds is 3. The molecule has 6 heteroatoms. The topological polar surface area (TPSA) is 60.2 Å². The Hall–Kier alpha value is -1.53. The number of benzene rings is 1. The fraction of sp³-hybridized carbons (Fsp3) is 0.0833. The molecule has 1 aromatic carbocycles. The Balaban J connectivity index is 2.58. The molecule has 92 valence electrons. The van der Waals surface area contributed by atoms with Crippen molar-refractivity contribution in [1.29, 1.82) is 0 Å². The standard InChI is InChI=1S/C12H8BrNO3S/c1-7-10(13)9(12(18-7)14(16)17)11(15)8-5-3-2-4-6-8/h2-6H,1H3. The summed E-state index contributed by atoms with van der Waals surface area (Å²) in [5.41, 5.74) is 0.577. The van der Waals surface area contributed by atoms with Crippen molar-refractivity contribution in [2.24, 2.45) is 0 Å². The maximum atomic E-state index is 12.3. The molecule has 0 amide bonds. The van der Waals surface area contributed by atoms with Gasteiger partial charge in [0.05, 0.1) is 4.92 Å². The highest BCUT2D eigenvalue weighted by Gasteiger charge is 2.28. The quantitative estimate of drug-likeness (QED) is 0.487. The number of nitro groups is 1. The van der Waals surface area contributed by atoms with Crippen LogP contribution in [-0.2, 0) is 0 Å². The number of thiophene rings is 1. The Morgan fingerprint density at radius 1 is 1.33 bits per heavy atom. The van der Waals surface area contributed by atoms with E-state index < -0.39 is 4.92 Å². The molecular formula is C12H8BrNO3S. The molecule has 0 aliphatic rings. The molecule has 0 unspecified atom stereocenters. The van der Waals surface area contributed by atoms with Crippen LogP contribution in [0, 0.1) is 17.0 Å². The molecule has 0 radical (unpaired) electrons. The molecule has 1 heterocycles. The van der Waals surface area contributed by atoms with E-state index in [2.05, 4.69) is 15.9 Å². The largest absolute Gasteiger partial charge is 0.336 e. The van der Waals surface area contributed by atoms with Crippen LogP contribution >= 0.6 is 27.3 Å². The third-order valence-corrected chi connectivity index (χ3v) is 4.73. The molecule has 18 heavy (non-hydrogen) atoms. The average Bonchev–Trinajstić information content (AvgIpc) is 2.66. The normalized spacial score (nSPS) is 10.3. The van der Waals surface area contributed by atoms with Crippen molar-refractivity contribution in [3.63, 3.8) is 0 Å². The Labute approximate surface area is 116 Å². The predicted octanol–water partition coefficient (Wildman–Crippen LogP) is 3.96. The number of hydrogen-bond acceptors (Lipinski definition) is 4. The second-order valence-corrected chi connectivity index (χ2v) is 5.60. The van der Waals surface area contributed by atoms with Gasteiger partial charge in [0, 0.05) is 14.9 Å². The van der Waals surface area contributed by atoms with E-state index in [9.17, 15) is 14.9 Å². The van der Waals surface area contributed by atoms with E-state index in [1.165, 1.54) is 0 Å². The maximum Gasteiger partial charge on any atom is 0.336 e. The van der Waals surface area contributed by atoms with Crippen molar-refractivity contribution >= 4 is 38.1 Å². The summed E-state index contributed by atoms with van der Waals surface area (Å²) >= 11 is 4.26. The highest BCUT2D eigenvalue weighted by molar-refractivity contribution is 9.10. The zero-order valence-electron chi connectivity index (χ0n) is 9.34. The molecular weight excluding hydrogens is 318 g/mol. The zero-order chi connectivity index (χ0) is 13.3. The van der Waals surface area contributed by atoms with Gasteiger partial charge in [-0.1, -0.05) is 41.7 Å². The average molecular weight is 326 g/mol. The van der Waals surface area contributed by atoms with E-state index in [1.807, 2.05) is 0 Å². The number of nitrogens with zero attached hydrogens (tertiary/aromatic N) is 1. The fourth-order valence-corrected chi connectivity index (χ4v) is 3.16. The first kappa shape index (κ1) is 12.9. The van der Waals surface area contributed by atoms with Crippen LogP contribution in [0.15, 0.2) is 34.8 Å². The SMILES string of the molecule is Cc1sc([N+](=O)[O-])c(C(=O)c2ccccc2)c1Br. The summed E-state index contributed by atoms with van der Waals surface area (Å²) in [4.78, 5) is 23.5. The minimum Gasteiger partial charge on any atom is -0.288 e. The molecule has 2 aromatic rings. The monoisotopic (exact) mass is 325 g/mol. The number of carbonyl (C=O) groups is 1. The van der Waals surface area contributed by atoms with Gasteiger partial charge in [0.25, 0.3) is 0 Å². The van der Waals surface area contributed by atoms with Crippen LogP contribution in [-0.4, -0.2) is 10.7 Å². The molecule has 0 aliphatic heterocycles. The van der Waals surface area contributed by atoms with E-state index in [4.69, 9.17) is 0 Å². The molecule has 0 aliphatic carbocycles. The second kappa shape index (κ2) is 4.99. The van der Waals surface area contributed by atoms with Crippen LogP contribution in [0.3, 0.4) is 0 Å². The van der Waals surface area contributed by atoms with Gasteiger partial charge in [-0.25, -0.2) is 0 Å². The summed E-state index contributed by atoms with van der Waals surface area (Å²) in [6.45, 7) is 1.74. The first-order chi connectivity index (χ1) is 8.52. The summed E-state index contributed by atoms with van der Waals surface area (Å²) in [6, 6.07) is 8.54. The number of hydrogen-bond donors (Lipinski definition) is 0. The summed E-state index contributed by atoms with van der Waals surface area (Å²) in [5.74, 6) is -0.335. The van der Waals surface area contributed by atoms with Gasteiger partial charge in [-0.3, -0.25) is 14.9 Å². The van der Waals surface area contributed by atoms with Crippen LogP contribution in [0.2, 0.25) is 0 Å². The lowest BCUT2D eigenvalue weighted by Crippen LogP contribution is -2.03. The lowest BCUT2D eigenvalue weighted by atomic mass is 10.1. The van der Waals surface area contributed by atoms with E-state index in [-0.39, 0.29) is 16.3 Å². The summed E-state index contributed by atoms with van der Waals surface area (Å²) in [7, 11) is 0. The van der Waals surface area contributed by atoms with Gasteiger partial charge in [0.2, 0.25) is 5.78 Å². The van der Waals surface area contributed by atoms with Crippen molar-refractivity contribution in [3.05, 3.63) is 60.9 Å². The highest BCUT2D eigenvalue weighted by atomic mass is 79.9. The minimum absolute atomic E-state index is 0.117. The molecule has 0 fully saturated rings. The van der Waals surface area contributed by atoms with Gasteiger partial charge in [-0.2, -0.15) is 0 Å². The maximum absolute atomic E-state index is 12.3. The Morgan fingerprint density at radius 3 is 2.50 bits per heavy atom. The lowest BCUT2D eigenvalue weighted by molar-refractivity contribution is -0.380. The van der Waals surface area contributed by atoms with E-state index in [1.54, 1.807) is 37.3 Å². The van der Waals surface area contributed by atoms with Crippen molar-refractivity contribution in [3.8, 4) is 0 Å². The molecule has 0 saturated carbocycles. The van der Waals surface area contributed by atoms with Crippen LogP contribution < -0.4 is 0 Å². The highest BCUT2D eigenvalue weighted by Crippen LogP contribution is 2.39. The third kappa shape index (κ3) is 2.21. The van der Waals surface area contributed by atoms with Crippen LogP contribution in [0.25, 0.3) is 0 Å². The van der Waals surface area contributed by atoms with Gasteiger partial charge in [0.1, 0.15) is 5.56 Å². The molecule has 0 atom stereocenters. The molecule has 0 N–H and O–H groups in total. The summed E-state index contributed by atoms with van der Waals surface area (Å²) in [5, 5.41) is 10.8. The Morgan fingerprint density at radius 2 is 1.94 bits per heavy atom. The Kier molecular flexibility index (Phi) is 3.58. The molecule has 1 aromatic heterocycles. The van der Waals surface area contributed by atoms with Gasteiger partial charge in [-0.15, -0.1) is 0 Å². The second-order valence-electron chi connectivity index (χ2n) is 3.60. The number of halogens is 1. The number of aryl methyl sites for hydroxylation is 1. The van der Waals surface area contributed by atoms with Gasteiger partial charge < -0.3 is 0 Å². The summed E-state index contributed by atoms with van der Waals surface area (Å²) < 4.78 is 0.507. The molecule has 0 bridgehead atoms. The molecule has 0 saturated heterocycles. The van der Waals surface area contributed by atoms with E-state index >= 15 is 0 Å². The summed E-state index contributed by atoms with van der Waals surface area (Å²) in [6.07, 6.45) is 0. The lowest BCUT2D eigenvalue weighted by Gasteiger charge is -1.99. The number of carbonyl (C=O) groups excluding carboxylic acids is 1. The Bertz CT molecular complexity index is 622. The van der Waals surface area contributed by atoms with Gasteiger partial charge in [0.15, 0.2) is 0 Å². The van der Waals surface area contributed by atoms with Crippen LogP contribution in [0.5, 0.6) is 0 Å². The fourth-order valence-electron chi connectivity index (χ4n) is 1.57. The zero-order valence-corrected chi connectivity index (χ0v) is 11.7. The molecule has 4 nitrogen and oxygen atoms in total. The minimum atomic E-state index is -0.515. The van der Waals surface area contributed by atoms with Crippen molar-refractivity contribution < 1.29 is 9.72 Å². The van der Waals surface area contributed by atoms with Gasteiger partial charge in [-0.05, 0) is 22.9 Å². The van der Waals surface area contributed by atoms with E-state index in [0.29, 0.717) is 10.0 Å². The first-order valence-electron chi connectivity index (χ1n) is 5.05. The van der Waals surface area contributed by atoms with Crippen LogP contribution in [0.4, 0.5) is 5.00 Å². The molecule has 2 rings (SSSR count). The van der Waals surface area contributed by atoms with E-state index in [0.717, 1.165) is 16.2 Å². The van der Waals surface area contributed by atoms with Crippen molar-refractivity contribution in [1.82, 2.24) is 0 Å². The smallest absolute Gasteiger partial charge is 0.288 e. The van der Waals surface area contributed by atoms with Crippen molar-refractivity contribution in [2.75, 3.05) is 0 Å². The van der Waals surface area contributed by atoms with Gasteiger partial charge >= 0.3 is 5.00 Å². The van der Waals surface area contributed by atoms with Crippen molar-refractivity contribution in [2.45, 2.75) is 6.92 Å². The number of ketones is 1.